The summed E-state index contributed by atoms with van der Waals surface area (Å²) in [7, 11) is -3.05. The summed E-state index contributed by atoms with van der Waals surface area (Å²) in [4.78, 5) is 2.37. The zero-order valence-electron chi connectivity index (χ0n) is 10.8. The SMILES string of the molecule is CCC(C)N1CCN(S(=O)(=O)C(C)C)CC1. The number of rotatable bonds is 4. The van der Waals surface area contributed by atoms with Crippen molar-refractivity contribution in [1.29, 1.82) is 0 Å². The van der Waals surface area contributed by atoms with E-state index in [1.165, 1.54) is 0 Å². The Bertz CT molecular complexity index is 306. The first-order chi connectivity index (χ1) is 7.39. The number of sulfonamides is 1. The molecule has 5 heteroatoms. The molecule has 0 spiro atoms. The molecule has 0 bridgehead atoms. The van der Waals surface area contributed by atoms with E-state index >= 15 is 0 Å². The van der Waals surface area contributed by atoms with Gasteiger partial charge in [0.05, 0.1) is 5.25 Å². The van der Waals surface area contributed by atoms with Gasteiger partial charge in [-0.3, -0.25) is 4.90 Å². The van der Waals surface area contributed by atoms with E-state index in [0.717, 1.165) is 19.5 Å². The summed E-state index contributed by atoms with van der Waals surface area (Å²) >= 11 is 0. The quantitative estimate of drug-likeness (QED) is 0.749. The maximum atomic E-state index is 11.9. The fourth-order valence-corrected chi connectivity index (χ4v) is 3.22. The molecule has 0 aromatic carbocycles. The van der Waals surface area contributed by atoms with Crippen LogP contribution in [0.5, 0.6) is 0 Å². The lowest BCUT2D eigenvalue weighted by molar-refractivity contribution is 0.142. The largest absolute Gasteiger partial charge is 0.298 e. The van der Waals surface area contributed by atoms with Crippen LogP contribution in [0.25, 0.3) is 0 Å². The van der Waals surface area contributed by atoms with Gasteiger partial charge in [0.2, 0.25) is 10.0 Å². The summed E-state index contributed by atoms with van der Waals surface area (Å²) in [6, 6.07) is 0.559. The molecule has 1 fully saturated rings. The molecular formula is C11H24N2O2S. The minimum absolute atomic E-state index is 0.303. The van der Waals surface area contributed by atoms with Gasteiger partial charge < -0.3 is 0 Å². The van der Waals surface area contributed by atoms with Crippen LogP contribution >= 0.6 is 0 Å². The van der Waals surface area contributed by atoms with Crippen LogP contribution in [0.15, 0.2) is 0 Å². The van der Waals surface area contributed by atoms with Crippen LogP contribution in [0.4, 0.5) is 0 Å². The van der Waals surface area contributed by atoms with Crippen molar-refractivity contribution in [2.75, 3.05) is 26.2 Å². The first-order valence-corrected chi connectivity index (χ1v) is 7.63. The minimum atomic E-state index is -3.05. The zero-order chi connectivity index (χ0) is 12.3. The lowest BCUT2D eigenvalue weighted by Crippen LogP contribution is -2.52. The van der Waals surface area contributed by atoms with E-state index in [4.69, 9.17) is 0 Å². The number of piperazine rings is 1. The van der Waals surface area contributed by atoms with E-state index in [0.29, 0.717) is 19.1 Å². The molecule has 0 aliphatic carbocycles. The maximum Gasteiger partial charge on any atom is 0.216 e. The van der Waals surface area contributed by atoms with Crippen molar-refractivity contribution >= 4 is 10.0 Å². The first-order valence-electron chi connectivity index (χ1n) is 6.12. The zero-order valence-corrected chi connectivity index (χ0v) is 11.6. The van der Waals surface area contributed by atoms with Gasteiger partial charge in [0.15, 0.2) is 0 Å². The highest BCUT2D eigenvalue weighted by molar-refractivity contribution is 7.89. The predicted octanol–water partition coefficient (Wildman–Crippen LogP) is 1.14. The van der Waals surface area contributed by atoms with E-state index in [-0.39, 0.29) is 5.25 Å². The summed E-state index contributed by atoms with van der Waals surface area (Å²) in [5, 5.41) is -0.303. The van der Waals surface area contributed by atoms with Crippen molar-refractivity contribution in [1.82, 2.24) is 9.21 Å². The second-order valence-corrected chi connectivity index (χ2v) is 7.28. The Balaban J connectivity index is 2.56. The molecular weight excluding hydrogens is 224 g/mol. The fraction of sp³-hybridized carbons (Fsp3) is 1.00. The summed E-state index contributed by atoms with van der Waals surface area (Å²) in [6.07, 6.45) is 1.12. The van der Waals surface area contributed by atoms with Gasteiger partial charge in [0, 0.05) is 32.2 Å². The van der Waals surface area contributed by atoms with Crippen LogP contribution in [0, 0.1) is 0 Å². The van der Waals surface area contributed by atoms with Crippen molar-refractivity contribution in [3.05, 3.63) is 0 Å². The van der Waals surface area contributed by atoms with E-state index in [9.17, 15) is 8.42 Å². The topological polar surface area (TPSA) is 40.6 Å². The van der Waals surface area contributed by atoms with Gasteiger partial charge in [-0.25, -0.2) is 8.42 Å². The average molecular weight is 248 g/mol. The molecule has 0 aromatic rings. The highest BCUT2D eigenvalue weighted by Crippen LogP contribution is 2.14. The number of nitrogens with zero attached hydrogens (tertiary/aromatic N) is 2. The smallest absolute Gasteiger partial charge is 0.216 e. The molecule has 0 aromatic heterocycles. The minimum Gasteiger partial charge on any atom is -0.298 e. The molecule has 0 radical (unpaired) electrons. The van der Waals surface area contributed by atoms with Gasteiger partial charge in [-0.2, -0.15) is 4.31 Å². The van der Waals surface area contributed by atoms with Crippen LogP contribution < -0.4 is 0 Å². The summed E-state index contributed by atoms with van der Waals surface area (Å²) in [5.74, 6) is 0. The van der Waals surface area contributed by atoms with Crippen molar-refractivity contribution in [2.45, 2.75) is 45.4 Å². The van der Waals surface area contributed by atoms with Crippen LogP contribution in [0.3, 0.4) is 0 Å². The Morgan fingerprint density at radius 3 is 1.94 bits per heavy atom. The van der Waals surface area contributed by atoms with Crippen LogP contribution in [0.1, 0.15) is 34.1 Å². The molecule has 16 heavy (non-hydrogen) atoms. The van der Waals surface area contributed by atoms with Crippen molar-refractivity contribution in [2.24, 2.45) is 0 Å². The van der Waals surface area contributed by atoms with E-state index in [1.807, 2.05) is 0 Å². The second-order valence-electron chi connectivity index (χ2n) is 4.79. The van der Waals surface area contributed by atoms with Gasteiger partial charge in [0.1, 0.15) is 0 Å². The molecule has 0 saturated carbocycles. The van der Waals surface area contributed by atoms with E-state index in [2.05, 4.69) is 18.7 Å². The van der Waals surface area contributed by atoms with Crippen LogP contribution in [-0.2, 0) is 10.0 Å². The van der Waals surface area contributed by atoms with Crippen molar-refractivity contribution in [3.8, 4) is 0 Å². The molecule has 4 nitrogen and oxygen atoms in total. The van der Waals surface area contributed by atoms with Gasteiger partial charge in [-0.1, -0.05) is 6.92 Å². The molecule has 0 amide bonds. The molecule has 1 heterocycles. The second kappa shape index (κ2) is 5.47. The van der Waals surface area contributed by atoms with Gasteiger partial charge in [0.25, 0.3) is 0 Å². The Labute approximate surface area is 99.7 Å². The van der Waals surface area contributed by atoms with Crippen LogP contribution in [-0.4, -0.2) is 55.1 Å². The molecule has 1 rings (SSSR count). The van der Waals surface area contributed by atoms with Gasteiger partial charge >= 0.3 is 0 Å². The van der Waals surface area contributed by atoms with Gasteiger partial charge in [-0.05, 0) is 27.2 Å². The predicted molar refractivity (Wildman–Crippen MR) is 67.0 cm³/mol. The lowest BCUT2D eigenvalue weighted by Gasteiger charge is -2.37. The highest BCUT2D eigenvalue weighted by Gasteiger charge is 2.30. The molecule has 1 aliphatic heterocycles. The highest BCUT2D eigenvalue weighted by atomic mass is 32.2. The monoisotopic (exact) mass is 248 g/mol. The van der Waals surface area contributed by atoms with Crippen LogP contribution in [0.2, 0.25) is 0 Å². The third-order valence-electron chi connectivity index (χ3n) is 3.44. The van der Waals surface area contributed by atoms with Crippen molar-refractivity contribution < 1.29 is 8.42 Å². The summed E-state index contributed by atoms with van der Waals surface area (Å²) < 4.78 is 25.5. The normalized spacial score (nSPS) is 22.6. The molecule has 0 N–H and O–H groups in total. The number of hydrogen-bond acceptors (Lipinski definition) is 3. The van der Waals surface area contributed by atoms with E-state index in [1.54, 1.807) is 18.2 Å². The lowest BCUT2D eigenvalue weighted by atomic mass is 10.2. The Morgan fingerprint density at radius 1 is 1.06 bits per heavy atom. The first kappa shape index (κ1) is 13.9. The molecule has 1 aliphatic rings. The van der Waals surface area contributed by atoms with Crippen molar-refractivity contribution in [3.63, 3.8) is 0 Å². The Kier molecular flexibility index (Phi) is 4.76. The number of hydrogen-bond donors (Lipinski definition) is 0. The fourth-order valence-electron chi connectivity index (χ4n) is 1.96. The molecule has 1 saturated heterocycles. The summed E-state index contributed by atoms with van der Waals surface area (Å²) in [5.41, 5.74) is 0. The third-order valence-corrected chi connectivity index (χ3v) is 5.72. The average Bonchev–Trinajstić information content (AvgIpc) is 2.28. The van der Waals surface area contributed by atoms with E-state index < -0.39 is 10.0 Å². The summed E-state index contributed by atoms with van der Waals surface area (Å²) in [6.45, 7) is 10.9. The molecule has 1 unspecified atom stereocenters. The third kappa shape index (κ3) is 2.96. The Hall–Kier alpha value is -0.130. The maximum absolute atomic E-state index is 11.9. The van der Waals surface area contributed by atoms with Gasteiger partial charge in [-0.15, -0.1) is 0 Å². The Morgan fingerprint density at radius 2 is 1.56 bits per heavy atom. The molecule has 96 valence electrons. The standard InChI is InChI=1S/C11H24N2O2S/c1-5-11(4)12-6-8-13(9-7-12)16(14,15)10(2)3/h10-11H,5-9H2,1-4H3. The molecule has 1 atom stereocenters.